The summed E-state index contributed by atoms with van der Waals surface area (Å²) in [7, 11) is 4.00. The Morgan fingerprint density at radius 2 is 1.67 bits per heavy atom. The summed E-state index contributed by atoms with van der Waals surface area (Å²) in [6.07, 6.45) is 0. The molecule has 0 aromatic heterocycles. The highest BCUT2D eigenvalue weighted by molar-refractivity contribution is 6.05. The fourth-order valence-electron chi connectivity index (χ4n) is 2.45. The van der Waals surface area contributed by atoms with Gasteiger partial charge in [-0.2, -0.15) is 0 Å². The van der Waals surface area contributed by atoms with Gasteiger partial charge in [0, 0.05) is 31.0 Å². The fraction of sp³-hybridized carbons (Fsp3) is 0.278. The summed E-state index contributed by atoms with van der Waals surface area (Å²) in [5.74, 6) is -0.0737. The van der Waals surface area contributed by atoms with E-state index in [1.807, 2.05) is 70.1 Å². The van der Waals surface area contributed by atoms with Crippen LogP contribution in [-0.2, 0) is 0 Å². The van der Waals surface area contributed by atoms with Crippen LogP contribution in [0.15, 0.2) is 36.4 Å². The van der Waals surface area contributed by atoms with Gasteiger partial charge in [0.25, 0.3) is 5.91 Å². The molecule has 0 aliphatic rings. The number of hydrogen-bond donors (Lipinski definition) is 1. The molecule has 3 heteroatoms. The summed E-state index contributed by atoms with van der Waals surface area (Å²) in [5, 5.41) is 2.98. The van der Waals surface area contributed by atoms with Gasteiger partial charge < -0.3 is 10.2 Å². The largest absolute Gasteiger partial charge is 0.377 e. The van der Waals surface area contributed by atoms with E-state index < -0.39 is 0 Å². The Bertz CT molecular complexity index is 675. The molecule has 0 unspecified atom stereocenters. The summed E-state index contributed by atoms with van der Waals surface area (Å²) < 4.78 is 0. The van der Waals surface area contributed by atoms with Crippen LogP contribution in [0.2, 0.25) is 0 Å². The number of rotatable bonds is 3. The van der Waals surface area contributed by atoms with Crippen molar-refractivity contribution >= 4 is 17.3 Å². The minimum absolute atomic E-state index is 0.0737. The van der Waals surface area contributed by atoms with Crippen molar-refractivity contribution < 1.29 is 4.79 Å². The van der Waals surface area contributed by atoms with E-state index in [1.165, 1.54) is 5.56 Å². The number of aryl methyl sites for hydroxylation is 3. The summed E-state index contributed by atoms with van der Waals surface area (Å²) in [6, 6.07) is 11.8. The molecule has 110 valence electrons. The van der Waals surface area contributed by atoms with Crippen molar-refractivity contribution in [2.45, 2.75) is 20.8 Å². The molecule has 1 N–H and O–H groups in total. The van der Waals surface area contributed by atoms with Gasteiger partial charge >= 0.3 is 0 Å². The molecule has 0 radical (unpaired) electrons. The van der Waals surface area contributed by atoms with Crippen LogP contribution >= 0.6 is 0 Å². The van der Waals surface area contributed by atoms with E-state index in [1.54, 1.807) is 0 Å². The molecule has 2 rings (SSSR count). The topological polar surface area (TPSA) is 32.3 Å². The predicted octanol–water partition coefficient (Wildman–Crippen LogP) is 3.93. The van der Waals surface area contributed by atoms with E-state index in [4.69, 9.17) is 0 Å². The van der Waals surface area contributed by atoms with Crippen LogP contribution in [0.4, 0.5) is 11.4 Å². The highest BCUT2D eigenvalue weighted by Gasteiger charge is 2.10. The Hall–Kier alpha value is -2.29. The van der Waals surface area contributed by atoms with Gasteiger partial charge in [0.2, 0.25) is 0 Å². The van der Waals surface area contributed by atoms with Crippen molar-refractivity contribution in [3.05, 3.63) is 58.7 Å². The Labute approximate surface area is 126 Å². The van der Waals surface area contributed by atoms with Gasteiger partial charge in [-0.1, -0.05) is 17.7 Å². The summed E-state index contributed by atoms with van der Waals surface area (Å²) in [5.41, 5.74) is 6.02. The molecule has 0 aliphatic carbocycles. The number of nitrogens with one attached hydrogen (secondary N) is 1. The van der Waals surface area contributed by atoms with Gasteiger partial charge in [-0.3, -0.25) is 4.79 Å². The highest BCUT2D eigenvalue weighted by atomic mass is 16.1. The van der Waals surface area contributed by atoms with Gasteiger partial charge in [0.05, 0.1) is 0 Å². The zero-order valence-corrected chi connectivity index (χ0v) is 13.3. The Morgan fingerprint density at radius 1 is 0.952 bits per heavy atom. The molecule has 2 aromatic rings. The van der Waals surface area contributed by atoms with Crippen LogP contribution in [0.1, 0.15) is 27.0 Å². The lowest BCUT2D eigenvalue weighted by Crippen LogP contribution is -2.15. The Morgan fingerprint density at radius 3 is 2.24 bits per heavy atom. The van der Waals surface area contributed by atoms with E-state index in [-0.39, 0.29) is 5.91 Å². The van der Waals surface area contributed by atoms with Crippen molar-refractivity contribution in [2.24, 2.45) is 0 Å². The lowest BCUT2D eigenvalue weighted by molar-refractivity contribution is 0.102. The van der Waals surface area contributed by atoms with E-state index in [2.05, 4.69) is 11.4 Å². The van der Waals surface area contributed by atoms with Crippen molar-refractivity contribution in [3.63, 3.8) is 0 Å². The Balaban J connectivity index is 2.22. The minimum atomic E-state index is -0.0737. The molecule has 0 atom stereocenters. The van der Waals surface area contributed by atoms with Crippen molar-refractivity contribution in [1.82, 2.24) is 0 Å². The quantitative estimate of drug-likeness (QED) is 0.925. The molecule has 0 aliphatic heterocycles. The summed E-state index contributed by atoms with van der Waals surface area (Å²) >= 11 is 0. The van der Waals surface area contributed by atoms with Crippen LogP contribution in [0.5, 0.6) is 0 Å². The maximum atomic E-state index is 12.4. The van der Waals surface area contributed by atoms with Crippen LogP contribution in [-0.4, -0.2) is 20.0 Å². The normalized spacial score (nSPS) is 10.3. The molecule has 0 spiro atoms. The van der Waals surface area contributed by atoms with Gasteiger partial charge in [0.15, 0.2) is 0 Å². The number of carbonyl (C=O) groups is 1. The van der Waals surface area contributed by atoms with Crippen LogP contribution < -0.4 is 10.2 Å². The molecule has 3 nitrogen and oxygen atoms in total. The zero-order chi connectivity index (χ0) is 15.6. The molecule has 2 aromatic carbocycles. The van der Waals surface area contributed by atoms with Gasteiger partial charge in [-0.25, -0.2) is 0 Å². The molecule has 0 bridgehead atoms. The van der Waals surface area contributed by atoms with Crippen molar-refractivity contribution in [3.8, 4) is 0 Å². The fourth-order valence-corrected chi connectivity index (χ4v) is 2.45. The van der Waals surface area contributed by atoms with E-state index in [0.717, 1.165) is 22.5 Å². The predicted molar refractivity (Wildman–Crippen MR) is 89.4 cm³/mol. The maximum absolute atomic E-state index is 12.4. The Kier molecular flexibility index (Phi) is 4.32. The average molecular weight is 282 g/mol. The van der Waals surface area contributed by atoms with E-state index >= 15 is 0 Å². The lowest BCUT2D eigenvalue weighted by atomic mass is 10.1. The van der Waals surface area contributed by atoms with Crippen molar-refractivity contribution in [1.29, 1.82) is 0 Å². The molecule has 0 saturated carbocycles. The second kappa shape index (κ2) is 6.00. The lowest BCUT2D eigenvalue weighted by Gasteiger charge is -2.16. The van der Waals surface area contributed by atoms with Gasteiger partial charge in [-0.05, 0) is 56.2 Å². The first kappa shape index (κ1) is 15.1. The highest BCUT2D eigenvalue weighted by Crippen LogP contribution is 2.21. The third-order valence-corrected chi connectivity index (χ3v) is 3.57. The standard InChI is InChI=1S/C18H22N2O/c1-12-6-8-16(13(2)10-12)19-18(21)15-7-9-17(20(4)5)14(3)11-15/h6-11H,1-5H3,(H,19,21). The van der Waals surface area contributed by atoms with Gasteiger partial charge in [-0.15, -0.1) is 0 Å². The number of carbonyl (C=O) groups excluding carboxylic acids is 1. The molecular weight excluding hydrogens is 260 g/mol. The second-order valence-electron chi connectivity index (χ2n) is 5.67. The minimum Gasteiger partial charge on any atom is -0.377 e. The smallest absolute Gasteiger partial charge is 0.255 e. The summed E-state index contributed by atoms with van der Waals surface area (Å²) in [6.45, 7) is 6.06. The molecular formula is C18H22N2O. The zero-order valence-electron chi connectivity index (χ0n) is 13.3. The number of amides is 1. The van der Waals surface area contributed by atoms with Crippen molar-refractivity contribution in [2.75, 3.05) is 24.3 Å². The molecule has 21 heavy (non-hydrogen) atoms. The number of anilines is 2. The third kappa shape index (κ3) is 3.43. The summed E-state index contributed by atoms with van der Waals surface area (Å²) in [4.78, 5) is 14.4. The SMILES string of the molecule is Cc1ccc(NC(=O)c2ccc(N(C)C)c(C)c2)c(C)c1. The second-order valence-corrected chi connectivity index (χ2v) is 5.67. The number of benzene rings is 2. The molecule has 0 heterocycles. The third-order valence-electron chi connectivity index (χ3n) is 3.57. The molecule has 0 fully saturated rings. The maximum Gasteiger partial charge on any atom is 0.255 e. The first-order valence-corrected chi connectivity index (χ1v) is 7.05. The van der Waals surface area contributed by atoms with Gasteiger partial charge in [0.1, 0.15) is 0 Å². The monoisotopic (exact) mass is 282 g/mol. The molecule has 1 amide bonds. The van der Waals surface area contributed by atoms with E-state index in [0.29, 0.717) is 5.56 Å². The number of nitrogens with zero attached hydrogens (tertiary/aromatic N) is 1. The molecule has 0 saturated heterocycles. The van der Waals surface area contributed by atoms with Crippen LogP contribution in [0, 0.1) is 20.8 Å². The van der Waals surface area contributed by atoms with Crippen LogP contribution in [0.25, 0.3) is 0 Å². The van der Waals surface area contributed by atoms with Crippen LogP contribution in [0.3, 0.4) is 0 Å². The average Bonchev–Trinajstić information content (AvgIpc) is 2.41. The number of hydrogen-bond acceptors (Lipinski definition) is 2. The first-order valence-electron chi connectivity index (χ1n) is 7.05. The van der Waals surface area contributed by atoms with E-state index in [9.17, 15) is 4.79 Å². The first-order chi connectivity index (χ1) is 9.88.